The first kappa shape index (κ1) is 18.1. The molecule has 6 heteroatoms. The highest BCUT2D eigenvalue weighted by Crippen LogP contribution is 2.17. The Hall–Kier alpha value is -1.95. The average molecular weight is 311 g/mol. The summed E-state index contributed by atoms with van der Waals surface area (Å²) in [6.07, 6.45) is 0.680. The largest absolute Gasteiger partial charge is 0.481 e. The molecule has 1 atom stereocenters. The molecule has 1 amide bonds. The van der Waals surface area contributed by atoms with Crippen LogP contribution in [-0.4, -0.2) is 29.7 Å². The number of halogens is 1. The van der Waals surface area contributed by atoms with E-state index >= 15 is 0 Å². The Kier molecular flexibility index (Phi) is 7.52. The summed E-state index contributed by atoms with van der Waals surface area (Å²) in [4.78, 5) is 22.8. The summed E-state index contributed by atoms with van der Waals surface area (Å²) in [5.74, 6) is -1.68. The van der Waals surface area contributed by atoms with Gasteiger partial charge in [0.1, 0.15) is 5.82 Å². The van der Waals surface area contributed by atoms with E-state index in [9.17, 15) is 14.0 Å². The second kappa shape index (κ2) is 9.15. The molecular weight excluding hydrogens is 289 g/mol. The van der Waals surface area contributed by atoms with Crippen LogP contribution in [0.4, 0.5) is 4.39 Å². The minimum atomic E-state index is -1.03. The third kappa shape index (κ3) is 7.17. The number of benzene rings is 1. The van der Waals surface area contributed by atoms with Crippen LogP contribution in [0.15, 0.2) is 24.3 Å². The van der Waals surface area contributed by atoms with E-state index in [0.717, 1.165) is 0 Å². The molecular formula is C16H22FNO4. The third-order valence-corrected chi connectivity index (χ3v) is 2.99. The van der Waals surface area contributed by atoms with Crippen molar-refractivity contribution in [2.45, 2.75) is 45.3 Å². The van der Waals surface area contributed by atoms with Crippen LogP contribution in [0, 0.1) is 5.82 Å². The molecule has 2 N–H and O–H groups in total. The van der Waals surface area contributed by atoms with Gasteiger partial charge < -0.3 is 15.2 Å². The van der Waals surface area contributed by atoms with Gasteiger partial charge in [-0.15, -0.1) is 0 Å². The maximum atomic E-state index is 12.9. The monoisotopic (exact) mass is 311 g/mol. The number of ether oxygens (including phenoxy) is 1. The van der Waals surface area contributed by atoms with Crippen molar-refractivity contribution < 1.29 is 23.8 Å². The molecule has 22 heavy (non-hydrogen) atoms. The normalized spacial score (nSPS) is 12.2. The van der Waals surface area contributed by atoms with Gasteiger partial charge in [-0.05, 0) is 38.0 Å². The van der Waals surface area contributed by atoms with Gasteiger partial charge in [-0.3, -0.25) is 9.59 Å². The van der Waals surface area contributed by atoms with E-state index in [1.807, 2.05) is 13.8 Å². The molecule has 1 rings (SSSR count). The summed E-state index contributed by atoms with van der Waals surface area (Å²) < 4.78 is 18.3. The lowest BCUT2D eigenvalue weighted by Gasteiger charge is -2.17. The van der Waals surface area contributed by atoms with Crippen molar-refractivity contribution in [2.24, 2.45) is 0 Å². The molecule has 0 fully saturated rings. The lowest BCUT2D eigenvalue weighted by Crippen LogP contribution is -2.30. The van der Waals surface area contributed by atoms with Crippen molar-refractivity contribution in [3.05, 3.63) is 35.6 Å². The van der Waals surface area contributed by atoms with Gasteiger partial charge in [0.15, 0.2) is 0 Å². The van der Waals surface area contributed by atoms with E-state index in [0.29, 0.717) is 18.6 Å². The minimum Gasteiger partial charge on any atom is -0.481 e. The number of carbonyl (C=O) groups excluding carboxylic acids is 1. The number of carboxylic acids is 1. The van der Waals surface area contributed by atoms with Crippen molar-refractivity contribution >= 4 is 11.9 Å². The molecule has 1 aromatic carbocycles. The van der Waals surface area contributed by atoms with Gasteiger partial charge in [-0.2, -0.15) is 0 Å². The maximum absolute atomic E-state index is 12.9. The van der Waals surface area contributed by atoms with Gasteiger partial charge >= 0.3 is 5.97 Å². The minimum absolute atomic E-state index is 0.113. The van der Waals surface area contributed by atoms with Gasteiger partial charge in [0.05, 0.1) is 18.6 Å². The van der Waals surface area contributed by atoms with Crippen LogP contribution in [0.3, 0.4) is 0 Å². The Morgan fingerprint density at radius 2 is 1.91 bits per heavy atom. The first-order valence-corrected chi connectivity index (χ1v) is 7.26. The summed E-state index contributed by atoms with van der Waals surface area (Å²) in [6, 6.07) is 4.77. The number of nitrogens with one attached hydrogen (secondary N) is 1. The highest BCUT2D eigenvalue weighted by Gasteiger charge is 2.18. The second-order valence-electron chi connectivity index (χ2n) is 5.29. The van der Waals surface area contributed by atoms with Crippen LogP contribution in [0.2, 0.25) is 0 Å². The number of hydrogen-bond donors (Lipinski definition) is 2. The molecule has 5 nitrogen and oxygen atoms in total. The van der Waals surface area contributed by atoms with E-state index in [2.05, 4.69) is 5.32 Å². The van der Waals surface area contributed by atoms with Gasteiger partial charge in [-0.25, -0.2) is 4.39 Å². The summed E-state index contributed by atoms with van der Waals surface area (Å²) in [6.45, 7) is 4.31. The van der Waals surface area contributed by atoms with Crippen molar-refractivity contribution in [1.29, 1.82) is 0 Å². The molecule has 0 aliphatic rings. The second-order valence-corrected chi connectivity index (χ2v) is 5.29. The van der Waals surface area contributed by atoms with E-state index in [1.165, 1.54) is 24.3 Å². The third-order valence-electron chi connectivity index (χ3n) is 2.99. The van der Waals surface area contributed by atoms with Gasteiger partial charge in [0.25, 0.3) is 0 Å². The fraction of sp³-hybridized carbons (Fsp3) is 0.500. The molecule has 1 aromatic rings. The Morgan fingerprint density at radius 1 is 1.27 bits per heavy atom. The van der Waals surface area contributed by atoms with Crippen LogP contribution in [0.5, 0.6) is 0 Å². The van der Waals surface area contributed by atoms with E-state index in [1.54, 1.807) is 0 Å². The molecule has 122 valence electrons. The quantitative estimate of drug-likeness (QED) is 0.688. The summed E-state index contributed by atoms with van der Waals surface area (Å²) >= 11 is 0. The summed E-state index contributed by atoms with van der Waals surface area (Å²) in [7, 11) is 0. The molecule has 0 spiro atoms. The number of amides is 1. The summed E-state index contributed by atoms with van der Waals surface area (Å²) in [5, 5.41) is 11.6. The topological polar surface area (TPSA) is 75.6 Å². The Labute approximate surface area is 129 Å². The van der Waals surface area contributed by atoms with Crippen LogP contribution in [0.25, 0.3) is 0 Å². The van der Waals surface area contributed by atoms with Crippen LogP contribution in [-0.2, 0) is 14.3 Å². The Morgan fingerprint density at radius 3 is 2.45 bits per heavy atom. The van der Waals surface area contributed by atoms with E-state index in [-0.39, 0.29) is 24.9 Å². The van der Waals surface area contributed by atoms with Crippen LogP contribution in [0.1, 0.15) is 44.7 Å². The Bertz CT molecular complexity index is 487. The van der Waals surface area contributed by atoms with Crippen molar-refractivity contribution in [2.75, 3.05) is 6.61 Å². The number of aliphatic carboxylic acids is 1. The molecule has 0 aliphatic carbocycles. The predicted molar refractivity (Wildman–Crippen MR) is 79.9 cm³/mol. The SMILES string of the molecule is CC(C)OCCCC(=O)NC(CC(=O)O)c1ccc(F)cc1. The number of carbonyl (C=O) groups is 2. The molecule has 0 aromatic heterocycles. The highest BCUT2D eigenvalue weighted by molar-refractivity contribution is 5.77. The fourth-order valence-corrected chi connectivity index (χ4v) is 1.94. The molecule has 0 radical (unpaired) electrons. The Balaban J connectivity index is 2.55. The van der Waals surface area contributed by atoms with Gasteiger partial charge in [-0.1, -0.05) is 12.1 Å². The van der Waals surface area contributed by atoms with Crippen molar-refractivity contribution in [1.82, 2.24) is 5.32 Å². The molecule has 0 heterocycles. The molecule has 1 unspecified atom stereocenters. The smallest absolute Gasteiger partial charge is 0.305 e. The standard InChI is InChI=1S/C16H22FNO4/c1-11(2)22-9-3-4-15(19)18-14(10-16(20)21)12-5-7-13(17)8-6-12/h5-8,11,14H,3-4,9-10H2,1-2H3,(H,18,19)(H,20,21). The van der Waals surface area contributed by atoms with E-state index < -0.39 is 17.8 Å². The molecule has 0 bridgehead atoms. The lowest BCUT2D eigenvalue weighted by molar-refractivity contribution is -0.137. The first-order valence-electron chi connectivity index (χ1n) is 7.26. The maximum Gasteiger partial charge on any atom is 0.305 e. The van der Waals surface area contributed by atoms with Crippen LogP contribution >= 0.6 is 0 Å². The highest BCUT2D eigenvalue weighted by atomic mass is 19.1. The lowest BCUT2D eigenvalue weighted by atomic mass is 10.0. The zero-order valence-corrected chi connectivity index (χ0v) is 12.8. The predicted octanol–water partition coefficient (Wildman–Crippen LogP) is 2.66. The number of hydrogen-bond acceptors (Lipinski definition) is 3. The van der Waals surface area contributed by atoms with Crippen molar-refractivity contribution in [3.63, 3.8) is 0 Å². The molecule has 0 saturated carbocycles. The first-order chi connectivity index (χ1) is 10.4. The van der Waals surface area contributed by atoms with Crippen molar-refractivity contribution in [3.8, 4) is 0 Å². The average Bonchev–Trinajstić information content (AvgIpc) is 2.43. The zero-order valence-electron chi connectivity index (χ0n) is 12.8. The molecule has 0 aliphatic heterocycles. The number of rotatable bonds is 9. The van der Waals surface area contributed by atoms with Crippen LogP contribution < -0.4 is 5.32 Å². The van der Waals surface area contributed by atoms with E-state index in [4.69, 9.17) is 9.84 Å². The number of carboxylic acid groups (broad SMARTS) is 1. The van der Waals surface area contributed by atoms with Gasteiger partial charge in [0, 0.05) is 13.0 Å². The zero-order chi connectivity index (χ0) is 16.5. The summed E-state index contributed by atoms with van der Waals surface area (Å²) in [5.41, 5.74) is 0.565. The van der Waals surface area contributed by atoms with Gasteiger partial charge in [0.2, 0.25) is 5.91 Å². The fourth-order valence-electron chi connectivity index (χ4n) is 1.94. The molecule has 0 saturated heterocycles.